The van der Waals surface area contributed by atoms with Crippen LogP contribution in [-0.2, 0) is 0 Å². The highest BCUT2D eigenvalue weighted by molar-refractivity contribution is 5.70. The van der Waals surface area contributed by atoms with Crippen LogP contribution in [0.25, 0.3) is 17.0 Å². The zero-order valence-electron chi connectivity index (χ0n) is 17.1. The summed E-state index contributed by atoms with van der Waals surface area (Å²) >= 11 is 0. The summed E-state index contributed by atoms with van der Waals surface area (Å²) in [4.78, 5) is 9.40. The summed E-state index contributed by atoms with van der Waals surface area (Å²) in [5, 5.41) is 14.7. The zero-order valence-corrected chi connectivity index (χ0v) is 17.1. The Morgan fingerprint density at radius 1 is 1.00 bits per heavy atom. The van der Waals surface area contributed by atoms with Crippen molar-refractivity contribution in [2.75, 3.05) is 7.11 Å². The average Bonchev–Trinajstić information content (AvgIpc) is 3.27. The van der Waals surface area contributed by atoms with Crippen molar-refractivity contribution in [2.45, 2.75) is 5.92 Å². The Balaban J connectivity index is 1.62. The molecule has 7 heteroatoms. The minimum absolute atomic E-state index is 0.140. The number of aromatic hydroxyl groups is 1. The van der Waals surface area contributed by atoms with E-state index in [9.17, 15) is 5.11 Å². The van der Waals surface area contributed by atoms with Crippen LogP contribution < -0.4 is 9.47 Å². The molecule has 1 aliphatic heterocycles. The van der Waals surface area contributed by atoms with Gasteiger partial charge >= 0.3 is 0 Å². The Hall–Kier alpha value is -4.39. The quantitative estimate of drug-likeness (QED) is 0.442. The lowest BCUT2D eigenvalue weighted by atomic mass is 9.84. The van der Waals surface area contributed by atoms with Crippen LogP contribution in [0.2, 0.25) is 0 Å². The minimum atomic E-state index is -0.179. The van der Waals surface area contributed by atoms with Crippen LogP contribution in [0.15, 0.2) is 79.1 Å². The number of fused-ring (bicyclic) bond motifs is 4. The second-order valence-corrected chi connectivity index (χ2v) is 7.54. The molecule has 1 aliphatic rings. The maximum Gasteiger partial charge on any atom is 0.228 e. The molecule has 0 fully saturated rings. The van der Waals surface area contributed by atoms with Crippen LogP contribution in [-0.4, -0.2) is 31.8 Å². The number of hydrogen-bond acceptors (Lipinski definition) is 6. The Kier molecular flexibility index (Phi) is 4.07. The fraction of sp³-hybridized carbons (Fsp3) is 0.0800. The van der Waals surface area contributed by atoms with Crippen molar-refractivity contribution in [1.29, 1.82) is 0 Å². The maximum atomic E-state index is 10.0. The van der Waals surface area contributed by atoms with E-state index in [2.05, 4.69) is 22.2 Å². The fourth-order valence-corrected chi connectivity index (χ4v) is 4.24. The number of hydrogen-bond donors (Lipinski definition) is 1. The second-order valence-electron chi connectivity index (χ2n) is 7.54. The van der Waals surface area contributed by atoms with Gasteiger partial charge < -0.3 is 14.6 Å². The summed E-state index contributed by atoms with van der Waals surface area (Å²) in [6.45, 7) is 0. The van der Waals surface area contributed by atoms with Gasteiger partial charge in [0.05, 0.1) is 18.2 Å². The van der Waals surface area contributed by atoms with Crippen molar-refractivity contribution < 1.29 is 14.6 Å². The average molecular weight is 422 g/mol. The van der Waals surface area contributed by atoms with Crippen LogP contribution >= 0.6 is 0 Å². The molecule has 2 aromatic heterocycles. The van der Waals surface area contributed by atoms with Gasteiger partial charge in [0.1, 0.15) is 23.6 Å². The number of benzene rings is 3. The fourth-order valence-electron chi connectivity index (χ4n) is 4.24. The lowest BCUT2D eigenvalue weighted by molar-refractivity contribution is 0.416. The number of phenols is 1. The van der Waals surface area contributed by atoms with Gasteiger partial charge in [0, 0.05) is 17.5 Å². The molecule has 1 N–H and O–H groups in total. The number of phenolic OH excluding ortho intramolecular Hbond substituents is 1. The van der Waals surface area contributed by atoms with Gasteiger partial charge in [-0.3, -0.25) is 0 Å². The van der Waals surface area contributed by atoms with E-state index in [4.69, 9.17) is 14.5 Å². The second kappa shape index (κ2) is 7.09. The van der Waals surface area contributed by atoms with Crippen molar-refractivity contribution in [1.82, 2.24) is 19.6 Å². The van der Waals surface area contributed by atoms with E-state index < -0.39 is 0 Å². The minimum Gasteiger partial charge on any atom is -0.508 e. The van der Waals surface area contributed by atoms with E-state index in [0.29, 0.717) is 28.9 Å². The summed E-state index contributed by atoms with van der Waals surface area (Å²) in [5.74, 6) is 2.22. The molecule has 1 atom stereocenters. The molecular formula is C25H18N4O3. The predicted octanol–water partition coefficient (Wildman–Crippen LogP) is 4.79. The first-order valence-electron chi connectivity index (χ1n) is 10.2. The lowest BCUT2D eigenvalue weighted by Crippen LogP contribution is -2.14. The standard InChI is InChI=1S/C25H18N4O3/c1-31-19-10-6-5-9-18(19)23-27-24-22-21(15-7-3-2-4-8-15)17-12-11-16(30)13-20(17)32-25(22)26-14-29(24)28-23/h2-14,21,30H,1H3/t21-/m0/s1. The number of para-hydroxylation sites is 1. The van der Waals surface area contributed by atoms with Gasteiger partial charge in [-0.25, -0.2) is 14.5 Å². The van der Waals surface area contributed by atoms with Crippen LogP contribution in [0, 0.1) is 0 Å². The first kappa shape index (κ1) is 18.4. The summed E-state index contributed by atoms with van der Waals surface area (Å²) in [6.07, 6.45) is 1.59. The highest BCUT2D eigenvalue weighted by atomic mass is 16.5. The largest absolute Gasteiger partial charge is 0.508 e. The summed E-state index contributed by atoms with van der Waals surface area (Å²) in [6, 6.07) is 22.9. The first-order valence-corrected chi connectivity index (χ1v) is 10.2. The molecule has 0 unspecified atom stereocenters. The molecule has 0 radical (unpaired) electrons. The topological polar surface area (TPSA) is 81.8 Å². The van der Waals surface area contributed by atoms with Crippen molar-refractivity contribution >= 4 is 5.65 Å². The summed E-state index contributed by atoms with van der Waals surface area (Å²) in [7, 11) is 1.63. The number of ether oxygens (including phenoxy) is 2. The van der Waals surface area contributed by atoms with E-state index in [1.54, 1.807) is 30.1 Å². The Morgan fingerprint density at radius 3 is 2.66 bits per heavy atom. The highest BCUT2D eigenvalue weighted by Crippen LogP contribution is 2.48. The van der Waals surface area contributed by atoms with Gasteiger partial charge in [-0.15, -0.1) is 5.10 Å². The SMILES string of the molecule is COc1ccccc1-c1nc2c3c(ncn2n1)Oc1cc(O)ccc1[C@@H]3c1ccccc1. The molecule has 0 spiro atoms. The lowest BCUT2D eigenvalue weighted by Gasteiger charge is -2.27. The molecule has 156 valence electrons. The van der Waals surface area contributed by atoms with Crippen LogP contribution in [0.3, 0.4) is 0 Å². The molecule has 0 saturated heterocycles. The zero-order chi connectivity index (χ0) is 21.7. The molecule has 0 bridgehead atoms. The van der Waals surface area contributed by atoms with Crippen molar-refractivity contribution in [3.8, 4) is 34.5 Å². The monoisotopic (exact) mass is 422 g/mol. The normalized spacial score (nSPS) is 14.5. The molecule has 7 nitrogen and oxygen atoms in total. The molecular weight excluding hydrogens is 404 g/mol. The molecule has 0 saturated carbocycles. The van der Waals surface area contributed by atoms with E-state index in [0.717, 1.165) is 22.3 Å². The Morgan fingerprint density at radius 2 is 1.81 bits per heavy atom. The van der Waals surface area contributed by atoms with Gasteiger partial charge in [0.25, 0.3) is 0 Å². The van der Waals surface area contributed by atoms with Gasteiger partial charge in [0.2, 0.25) is 5.88 Å². The molecule has 32 heavy (non-hydrogen) atoms. The Labute approximate surface area is 183 Å². The summed E-state index contributed by atoms with van der Waals surface area (Å²) in [5.41, 5.74) is 4.28. The van der Waals surface area contributed by atoms with Crippen LogP contribution in [0.1, 0.15) is 22.6 Å². The molecule has 0 amide bonds. The first-order chi connectivity index (χ1) is 15.7. The number of rotatable bonds is 3. The molecule has 5 aromatic rings. The number of nitrogens with zero attached hydrogens (tertiary/aromatic N) is 4. The van der Waals surface area contributed by atoms with E-state index in [1.165, 1.54) is 0 Å². The van der Waals surface area contributed by atoms with Gasteiger partial charge in [-0.2, -0.15) is 0 Å². The maximum absolute atomic E-state index is 10.0. The van der Waals surface area contributed by atoms with Gasteiger partial charge in [-0.05, 0) is 23.8 Å². The van der Waals surface area contributed by atoms with Crippen LogP contribution in [0.5, 0.6) is 23.1 Å². The van der Waals surface area contributed by atoms with Crippen molar-refractivity contribution in [2.24, 2.45) is 0 Å². The highest BCUT2D eigenvalue weighted by Gasteiger charge is 2.33. The van der Waals surface area contributed by atoms with Gasteiger partial charge in [-0.1, -0.05) is 48.5 Å². The van der Waals surface area contributed by atoms with Crippen molar-refractivity contribution in [3.63, 3.8) is 0 Å². The van der Waals surface area contributed by atoms with E-state index in [1.807, 2.05) is 48.5 Å². The van der Waals surface area contributed by atoms with Gasteiger partial charge in [0.15, 0.2) is 11.5 Å². The smallest absolute Gasteiger partial charge is 0.228 e. The molecule has 3 aromatic carbocycles. The van der Waals surface area contributed by atoms with Crippen molar-refractivity contribution in [3.05, 3.63) is 95.8 Å². The molecule has 0 aliphatic carbocycles. The molecule has 6 rings (SSSR count). The number of aromatic nitrogens is 4. The third kappa shape index (κ3) is 2.79. The number of methoxy groups -OCH3 is 1. The third-order valence-electron chi connectivity index (χ3n) is 5.67. The molecule has 3 heterocycles. The van der Waals surface area contributed by atoms with Crippen LogP contribution in [0.4, 0.5) is 0 Å². The third-order valence-corrected chi connectivity index (χ3v) is 5.67. The summed E-state index contributed by atoms with van der Waals surface area (Å²) < 4.78 is 13.3. The predicted molar refractivity (Wildman–Crippen MR) is 118 cm³/mol. The van der Waals surface area contributed by atoms with E-state index in [-0.39, 0.29) is 11.7 Å². The van der Waals surface area contributed by atoms with E-state index >= 15 is 0 Å². The Bertz CT molecular complexity index is 1460.